The van der Waals surface area contributed by atoms with E-state index in [9.17, 15) is 0 Å². The second-order valence-corrected chi connectivity index (χ2v) is 7.93. The lowest BCUT2D eigenvalue weighted by Gasteiger charge is -2.32. The Morgan fingerprint density at radius 3 is 3.04 bits per heavy atom. The van der Waals surface area contributed by atoms with Crippen LogP contribution in [0.15, 0.2) is 24.4 Å². The molecule has 25 heavy (non-hydrogen) atoms. The molecule has 1 aromatic carbocycles. The number of likely N-dealkylation sites (tertiary alicyclic amines) is 1. The maximum Gasteiger partial charge on any atom is 0.123 e. The first-order chi connectivity index (χ1) is 12.0. The van der Waals surface area contributed by atoms with Crippen molar-refractivity contribution in [1.29, 1.82) is 0 Å². The van der Waals surface area contributed by atoms with Crippen molar-refractivity contribution >= 4 is 0 Å². The molecule has 2 aromatic rings. The van der Waals surface area contributed by atoms with Gasteiger partial charge in [0.2, 0.25) is 0 Å². The Balaban J connectivity index is 1.44. The highest BCUT2D eigenvalue weighted by molar-refractivity contribution is 5.45. The number of hydrogen-bond donors (Lipinski definition) is 1. The highest BCUT2D eigenvalue weighted by Crippen LogP contribution is 2.39. The number of nitrogens with two attached hydrogens (primary N) is 1. The molecular formula is C19H27N5O. The lowest BCUT2D eigenvalue weighted by atomic mass is 9.86. The largest absolute Gasteiger partial charge is 0.492 e. The molecular weight excluding hydrogens is 314 g/mol. The van der Waals surface area contributed by atoms with Crippen molar-refractivity contribution in [2.24, 2.45) is 5.73 Å². The second kappa shape index (κ2) is 6.42. The van der Waals surface area contributed by atoms with Crippen LogP contribution in [0.5, 0.6) is 5.75 Å². The molecule has 0 saturated carbocycles. The van der Waals surface area contributed by atoms with Gasteiger partial charge in [0.15, 0.2) is 0 Å². The van der Waals surface area contributed by atoms with Crippen molar-refractivity contribution in [3.63, 3.8) is 0 Å². The standard InChI is InChI=1S/C19H27N5O/c1-19(2)13-25-18-8-14(5-6-17(18)19)10-23-7-3-4-16(12-23)24-11-15(9-20)21-22-24/h5-6,8,11,16H,3-4,7,9-10,12-13,20H2,1-2H3. The first-order valence-electron chi connectivity index (χ1n) is 9.14. The van der Waals surface area contributed by atoms with Crippen LogP contribution in [0, 0.1) is 0 Å². The molecule has 1 fully saturated rings. The summed E-state index contributed by atoms with van der Waals surface area (Å²) in [5, 5.41) is 8.38. The third-order valence-corrected chi connectivity index (χ3v) is 5.39. The van der Waals surface area contributed by atoms with Gasteiger partial charge in [-0.05, 0) is 31.0 Å². The monoisotopic (exact) mass is 341 g/mol. The Morgan fingerprint density at radius 1 is 1.36 bits per heavy atom. The summed E-state index contributed by atoms with van der Waals surface area (Å²) in [4.78, 5) is 2.50. The lowest BCUT2D eigenvalue weighted by molar-refractivity contribution is 0.161. The topological polar surface area (TPSA) is 69.2 Å². The Morgan fingerprint density at radius 2 is 2.24 bits per heavy atom. The summed E-state index contributed by atoms with van der Waals surface area (Å²) in [6, 6.07) is 7.09. The molecule has 0 aliphatic carbocycles. The molecule has 2 aliphatic rings. The van der Waals surface area contributed by atoms with Gasteiger partial charge < -0.3 is 10.5 Å². The molecule has 4 rings (SSSR count). The fourth-order valence-electron chi connectivity index (χ4n) is 3.91. The van der Waals surface area contributed by atoms with Crippen LogP contribution in [0.1, 0.15) is 49.6 Å². The van der Waals surface area contributed by atoms with Crippen molar-refractivity contribution in [1.82, 2.24) is 19.9 Å². The normalized spacial score (nSPS) is 22.6. The van der Waals surface area contributed by atoms with Gasteiger partial charge in [0.05, 0.1) is 24.5 Å². The maximum atomic E-state index is 5.90. The molecule has 0 radical (unpaired) electrons. The van der Waals surface area contributed by atoms with E-state index in [-0.39, 0.29) is 5.41 Å². The van der Waals surface area contributed by atoms with Crippen molar-refractivity contribution in [2.75, 3.05) is 19.7 Å². The summed E-state index contributed by atoms with van der Waals surface area (Å²) < 4.78 is 7.89. The highest BCUT2D eigenvalue weighted by atomic mass is 16.5. The summed E-state index contributed by atoms with van der Waals surface area (Å²) in [5.74, 6) is 1.06. The quantitative estimate of drug-likeness (QED) is 0.924. The van der Waals surface area contributed by atoms with Gasteiger partial charge in [0.1, 0.15) is 5.75 Å². The maximum absolute atomic E-state index is 5.90. The Kier molecular flexibility index (Phi) is 4.25. The number of ether oxygens (including phenoxy) is 1. The van der Waals surface area contributed by atoms with E-state index >= 15 is 0 Å². The van der Waals surface area contributed by atoms with Crippen LogP contribution in [0.3, 0.4) is 0 Å². The van der Waals surface area contributed by atoms with Gasteiger partial charge in [-0.3, -0.25) is 4.90 Å². The van der Waals surface area contributed by atoms with E-state index < -0.39 is 0 Å². The minimum Gasteiger partial charge on any atom is -0.492 e. The molecule has 0 amide bonds. The van der Waals surface area contributed by atoms with E-state index in [1.807, 2.05) is 10.9 Å². The van der Waals surface area contributed by atoms with Crippen LogP contribution < -0.4 is 10.5 Å². The van der Waals surface area contributed by atoms with Crippen LogP contribution in [-0.2, 0) is 18.5 Å². The van der Waals surface area contributed by atoms with Crippen LogP contribution in [-0.4, -0.2) is 39.6 Å². The molecule has 1 aromatic heterocycles. The first kappa shape index (κ1) is 16.5. The van der Waals surface area contributed by atoms with Gasteiger partial charge in [-0.1, -0.05) is 31.2 Å². The minimum absolute atomic E-state index is 0.123. The third kappa shape index (κ3) is 3.28. The molecule has 1 saturated heterocycles. The molecule has 2 N–H and O–H groups in total. The molecule has 0 spiro atoms. The number of benzene rings is 1. The van der Waals surface area contributed by atoms with E-state index in [0.717, 1.165) is 44.1 Å². The summed E-state index contributed by atoms with van der Waals surface area (Å²) >= 11 is 0. The number of aromatic nitrogens is 3. The minimum atomic E-state index is 0.123. The molecule has 6 nitrogen and oxygen atoms in total. The van der Waals surface area contributed by atoms with Gasteiger partial charge in [-0.15, -0.1) is 5.10 Å². The summed E-state index contributed by atoms with van der Waals surface area (Å²) in [6.07, 6.45) is 4.31. The third-order valence-electron chi connectivity index (χ3n) is 5.39. The fourth-order valence-corrected chi connectivity index (χ4v) is 3.91. The fraction of sp³-hybridized carbons (Fsp3) is 0.579. The molecule has 3 heterocycles. The Bertz CT molecular complexity index is 754. The molecule has 2 aliphatic heterocycles. The zero-order valence-corrected chi connectivity index (χ0v) is 15.1. The molecule has 6 heteroatoms. The highest BCUT2D eigenvalue weighted by Gasteiger charge is 2.32. The smallest absolute Gasteiger partial charge is 0.123 e. The first-order valence-corrected chi connectivity index (χ1v) is 9.14. The van der Waals surface area contributed by atoms with E-state index in [4.69, 9.17) is 10.5 Å². The van der Waals surface area contributed by atoms with Gasteiger partial charge in [-0.25, -0.2) is 4.68 Å². The van der Waals surface area contributed by atoms with Crippen molar-refractivity contribution in [2.45, 2.75) is 51.2 Å². The number of nitrogens with zero attached hydrogens (tertiary/aromatic N) is 4. The van der Waals surface area contributed by atoms with Crippen LogP contribution in [0.25, 0.3) is 0 Å². The molecule has 134 valence electrons. The number of hydrogen-bond acceptors (Lipinski definition) is 5. The second-order valence-electron chi connectivity index (χ2n) is 7.93. The molecule has 1 unspecified atom stereocenters. The zero-order chi connectivity index (χ0) is 17.4. The van der Waals surface area contributed by atoms with Crippen LogP contribution in [0.4, 0.5) is 0 Å². The van der Waals surface area contributed by atoms with E-state index in [1.54, 1.807) is 0 Å². The Labute approximate surface area is 148 Å². The average molecular weight is 341 g/mol. The number of fused-ring (bicyclic) bond motifs is 1. The Hall–Kier alpha value is -1.92. The van der Waals surface area contributed by atoms with E-state index in [2.05, 4.69) is 47.3 Å². The SMILES string of the molecule is CC1(C)COc2cc(CN3CCCC(n4cc(CN)nn4)C3)ccc21. The van der Waals surface area contributed by atoms with E-state index in [0.29, 0.717) is 12.6 Å². The van der Waals surface area contributed by atoms with Gasteiger partial charge in [0, 0.05) is 30.6 Å². The zero-order valence-electron chi connectivity index (χ0n) is 15.1. The summed E-state index contributed by atoms with van der Waals surface area (Å²) in [6.45, 7) is 8.76. The van der Waals surface area contributed by atoms with Gasteiger partial charge >= 0.3 is 0 Å². The van der Waals surface area contributed by atoms with Crippen LogP contribution in [0.2, 0.25) is 0 Å². The number of piperidine rings is 1. The van der Waals surface area contributed by atoms with Crippen LogP contribution >= 0.6 is 0 Å². The number of rotatable bonds is 4. The predicted molar refractivity (Wildman–Crippen MR) is 96.4 cm³/mol. The van der Waals surface area contributed by atoms with Gasteiger partial charge in [-0.2, -0.15) is 0 Å². The molecule has 1 atom stereocenters. The lowest BCUT2D eigenvalue weighted by Crippen LogP contribution is -2.36. The summed E-state index contributed by atoms with van der Waals surface area (Å²) in [7, 11) is 0. The average Bonchev–Trinajstić information content (AvgIpc) is 3.20. The van der Waals surface area contributed by atoms with Gasteiger partial charge in [0.25, 0.3) is 0 Å². The van der Waals surface area contributed by atoms with Crippen molar-refractivity contribution in [3.8, 4) is 5.75 Å². The van der Waals surface area contributed by atoms with Crippen molar-refractivity contribution < 1.29 is 4.74 Å². The summed E-state index contributed by atoms with van der Waals surface area (Å²) in [5.41, 5.74) is 9.27. The van der Waals surface area contributed by atoms with E-state index in [1.165, 1.54) is 17.5 Å². The predicted octanol–water partition coefficient (Wildman–Crippen LogP) is 2.24. The van der Waals surface area contributed by atoms with Crippen molar-refractivity contribution in [3.05, 3.63) is 41.2 Å². The molecule has 0 bridgehead atoms.